The van der Waals surface area contributed by atoms with E-state index in [0.717, 1.165) is 40.4 Å². The highest BCUT2D eigenvalue weighted by Crippen LogP contribution is 2.39. The highest BCUT2D eigenvalue weighted by atomic mass is 79.9. The summed E-state index contributed by atoms with van der Waals surface area (Å²) in [7, 11) is 1.68. The molecule has 1 saturated carbocycles. The zero-order valence-corrected chi connectivity index (χ0v) is 22.6. The number of carbonyl (C=O) groups is 2. The summed E-state index contributed by atoms with van der Waals surface area (Å²) in [4.78, 5) is 37.6. The molecule has 1 aliphatic rings. The third kappa shape index (κ3) is 5.00. The number of nitrogens with zero attached hydrogens (tertiary/aromatic N) is 5. The van der Waals surface area contributed by atoms with Gasteiger partial charge in [0, 0.05) is 49.8 Å². The van der Waals surface area contributed by atoms with E-state index < -0.39 is 5.41 Å². The number of benzene rings is 1. The number of halogens is 1. The van der Waals surface area contributed by atoms with Crippen molar-refractivity contribution < 1.29 is 9.59 Å². The van der Waals surface area contributed by atoms with Crippen LogP contribution < -0.4 is 16.0 Å². The van der Waals surface area contributed by atoms with E-state index in [1.165, 1.54) is 6.92 Å². The summed E-state index contributed by atoms with van der Waals surface area (Å²) in [6.07, 6.45) is 6.55. The zero-order valence-electron chi connectivity index (χ0n) is 21.0. The third-order valence-corrected chi connectivity index (χ3v) is 7.60. The molecule has 0 radical (unpaired) electrons. The van der Waals surface area contributed by atoms with Gasteiger partial charge in [-0.3, -0.25) is 14.6 Å². The van der Waals surface area contributed by atoms with Crippen molar-refractivity contribution in [3.8, 4) is 5.69 Å². The topological polar surface area (TPSA) is 127 Å². The second kappa shape index (κ2) is 10.0. The lowest BCUT2D eigenvalue weighted by Gasteiger charge is -2.22. The van der Waals surface area contributed by atoms with E-state index in [9.17, 15) is 9.59 Å². The number of nitrogens with one attached hydrogen (secondary N) is 3. The molecule has 0 aliphatic heterocycles. The molecule has 11 heteroatoms. The largest absolute Gasteiger partial charge is 0.359 e. The molecule has 1 aromatic carbocycles. The molecule has 4 aromatic rings. The third-order valence-electron chi connectivity index (χ3n) is 7.01. The minimum Gasteiger partial charge on any atom is -0.359 e. The lowest BCUT2D eigenvalue weighted by atomic mass is 9.87. The molecule has 1 fully saturated rings. The van der Waals surface area contributed by atoms with Gasteiger partial charge in [-0.2, -0.15) is 10.1 Å². The van der Waals surface area contributed by atoms with Gasteiger partial charge in [0.1, 0.15) is 4.60 Å². The van der Waals surface area contributed by atoms with Gasteiger partial charge in [0.05, 0.1) is 16.6 Å². The minimum atomic E-state index is -0.395. The molecule has 3 heterocycles. The van der Waals surface area contributed by atoms with Crippen LogP contribution in [0.3, 0.4) is 0 Å². The van der Waals surface area contributed by atoms with Gasteiger partial charge < -0.3 is 16.0 Å². The summed E-state index contributed by atoms with van der Waals surface area (Å²) < 4.78 is 2.44. The van der Waals surface area contributed by atoms with Crippen LogP contribution in [0.15, 0.2) is 41.3 Å². The highest BCUT2D eigenvalue weighted by molar-refractivity contribution is 9.10. The summed E-state index contributed by atoms with van der Waals surface area (Å²) in [6, 6.07) is 8.09. The van der Waals surface area contributed by atoms with Gasteiger partial charge in [0.15, 0.2) is 5.65 Å². The summed E-state index contributed by atoms with van der Waals surface area (Å²) in [5.74, 6) is 0.501. The van der Waals surface area contributed by atoms with Crippen LogP contribution >= 0.6 is 15.9 Å². The average molecular weight is 565 g/mol. The first-order valence-corrected chi connectivity index (χ1v) is 13.1. The van der Waals surface area contributed by atoms with Crippen molar-refractivity contribution >= 4 is 55.6 Å². The smallest absolute Gasteiger partial charge is 0.225 e. The van der Waals surface area contributed by atoms with Crippen LogP contribution in [0, 0.1) is 5.41 Å². The van der Waals surface area contributed by atoms with E-state index in [0.29, 0.717) is 35.6 Å². The number of carbonyl (C=O) groups excluding carboxylic acids is 2. The molecule has 192 valence electrons. The monoisotopic (exact) mass is 564 g/mol. The van der Waals surface area contributed by atoms with Crippen molar-refractivity contribution in [1.82, 2.24) is 35.4 Å². The van der Waals surface area contributed by atoms with Crippen LogP contribution in [0.25, 0.3) is 27.6 Å². The molecule has 2 atom stereocenters. The number of hydrogen-bond donors (Lipinski definition) is 3. The lowest BCUT2D eigenvalue weighted by molar-refractivity contribution is -0.129. The standard InChI is InChI=1S/C26H29BrN8O2/c1-15(36)29-10-7-17-12-19(11-16-5-4-9-30-21(16)17)35-23-20(22(27)34-35)14-31-25(33-23)32-18-6-8-26(2,13-18)24(37)28-3/h4-5,9,11-12,14,18H,6-8,10,13H2,1-3H3,(H,28,37)(H,29,36)(H,31,32,33)/t18-,26-/m1/s1. The molecule has 0 spiro atoms. The normalized spacial score (nSPS) is 19.3. The molecule has 0 saturated heterocycles. The van der Waals surface area contributed by atoms with Crippen LogP contribution in [0.4, 0.5) is 5.95 Å². The Bertz CT molecular complexity index is 1500. The van der Waals surface area contributed by atoms with Gasteiger partial charge in [0.2, 0.25) is 17.8 Å². The number of fused-ring (bicyclic) bond motifs is 2. The first-order chi connectivity index (χ1) is 17.8. The fraction of sp³-hybridized carbons (Fsp3) is 0.385. The van der Waals surface area contributed by atoms with Crippen molar-refractivity contribution in [2.45, 2.75) is 45.6 Å². The van der Waals surface area contributed by atoms with Crippen LogP contribution in [0.5, 0.6) is 0 Å². The maximum atomic E-state index is 12.3. The predicted molar refractivity (Wildman–Crippen MR) is 145 cm³/mol. The molecular weight excluding hydrogens is 536 g/mol. The first kappa shape index (κ1) is 25.1. The molecule has 1 aliphatic carbocycles. The first-order valence-electron chi connectivity index (χ1n) is 12.3. The van der Waals surface area contributed by atoms with E-state index in [-0.39, 0.29) is 17.9 Å². The number of amides is 2. The second-order valence-electron chi connectivity index (χ2n) is 9.77. The molecule has 5 rings (SSSR count). The quantitative estimate of drug-likeness (QED) is 0.313. The number of rotatable bonds is 7. The van der Waals surface area contributed by atoms with Crippen molar-refractivity contribution in [3.05, 3.63) is 46.8 Å². The second-order valence-corrected chi connectivity index (χ2v) is 10.5. The van der Waals surface area contributed by atoms with Gasteiger partial charge in [-0.1, -0.05) is 13.0 Å². The van der Waals surface area contributed by atoms with E-state index in [1.54, 1.807) is 24.1 Å². The Hall–Kier alpha value is -3.60. The fourth-order valence-electron chi connectivity index (χ4n) is 5.11. The SMILES string of the molecule is CNC(=O)[C@]1(C)CC[C@@H](Nc2ncc3c(Br)nn(-c4cc(CCNC(C)=O)c5ncccc5c4)c3n2)C1. The maximum absolute atomic E-state index is 12.3. The molecule has 3 aromatic heterocycles. The van der Waals surface area contributed by atoms with E-state index in [1.807, 2.05) is 31.2 Å². The van der Waals surface area contributed by atoms with Gasteiger partial charge >= 0.3 is 0 Å². The van der Waals surface area contributed by atoms with Crippen LogP contribution in [-0.2, 0) is 16.0 Å². The Kier molecular flexibility index (Phi) is 6.80. The van der Waals surface area contributed by atoms with Gasteiger partial charge in [-0.25, -0.2) is 9.67 Å². The average Bonchev–Trinajstić information content (AvgIpc) is 3.43. The van der Waals surface area contributed by atoms with Gasteiger partial charge in [-0.15, -0.1) is 0 Å². The van der Waals surface area contributed by atoms with Crippen LogP contribution in [0.2, 0.25) is 0 Å². The van der Waals surface area contributed by atoms with Crippen molar-refractivity contribution in [2.24, 2.45) is 5.41 Å². The minimum absolute atomic E-state index is 0.0648. The van der Waals surface area contributed by atoms with E-state index >= 15 is 0 Å². The fourth-order valence-corrected chi connectivity index (χ4v) is 5.55. The number of hydrogen-bond acceptors (Lipinski definition) is 7. The Morgan fingerprint density at radius 3 is 2.89 bits per heavy atom. The number of aromatic nitrogens is 5. The molecule has 2 amide bonds. The zero-order chi connectivity index (χ0) is 26.2. The van der Waals surface area contributed by atoms with Crippen molar-refractivity contribution in [1.29, 1.82) is 0 Å². The van der Waals surface area contributed by atoms with Crippen molar-refractivity contribution in [3.63, 3.8) is 0 Å². The van der Waals surface area contributed by atoms with Gasteiger partial charge in [-0.05, 0) is 65.4 Å². The van der Waals surface area contributed by atoms with Crippen molar-refractivity contribution in [2.75, 3.05) is 18.9 Å². The molecule has 0 bridgehead atoms. The van der Waals surface area contributed by atoms with E-state index in [4.69, 9.17) is 10.1 Å². The maximum Gasteiger partial charge on any atom is 0.225 e. The predicted octanol–water partition coefficient (Wildman–Crippen LogP) is 3.52. The molecular formula is C26H29BrN8O2. The lowest BCUT2D eigenvalue weighted by Crippen LogP contribution is -2.35. The molecule has 10 nitrogen and oxygen atoms in total. The Labute approximate surface area is 222 Å². The van der Waals surface area contributed by atoms with Crippen LogP contribution in [0.1, 0.15) is 38.7 Å². The number of pyridine rings is 1. The number of anilines is 1. The van der Waals surface area contributed by atoms with E-state index in [2.05, 4.69) is 41.8 Å². The Balaban J connectivity index is 1.49. The summed E-state index contributed by atoms with van der Waals surface area (Å²) in [5, 5.41) is 15.5. The summed E-state index contributed by atoms with van der Waals surface area (Å²) in [5.41, 5.74) is 3.01. The van der Waals surface area contributed by atoms with Gasteiger partial charge in [0.25, 0.3) is 0 Å². The Morgan fingerprint density at radius 1 is 1.27 bits per heavy atom. The summed E-state index contributed by atoms with van der Waals surface area (Å²) in [6.45, 7) is 4.03. The summed E-state index contributed by atoms with van der Waals surface area (Å²) >= 11 is 3.56. The highest BCUT2D eigenvalue weighted by Gasteiger charge is 2.41. The molecule has 37 heavy (non-hydrogen) atoms. The Morgan fingerprint density at radius 2 is 2.11 bits per heavy atom. The van der Waals surface area contributed by atoms with Crippen LogP contribution in [-0.4, -0.2) is 56.2 Å². The molecule has 0 unspecified atom stereocenters. The molecule has 3 N–H and O–H groups in total.